The molecule has 1 aromatic carbocycles. The van der Waals surface area contributed by atoms with Gasteiger partial charge in [-0.3, -0.25) is 10.9 Å². The summed E-state index contributed by atoms with van der Waals surface area (Å²) < 4.78 is 1.04. The molecule has 0 saturated heterocycles. The third-order valence-electron chi connectivity index (χ3n) is 2.06. The Kier molecular flexibility index (Phi) is 3.43. The first-order valence-corrected chi connectivity index (χ1v) is 6.02. The quantitative estimate of drug-likeness (QED) is 0.589. The molecule has 0 spiro atoms. The molecule has 0 atom stereocenters. The fourth-order valence-electron chi connectivity index (χ4n) is 1.14. The van der Waals surface area contributed by atoms with E-state index in [-0.39, 0.29) is 0 Å². The third kappa shape index (κ3) is 3.68. The van der Waals surface area contributed by atoms with Crippen molar-refractivity contribution in [2.24, 2.45) is 0 Å². The monoisotopic (exact) mass is 285 g/mol. The van der Waals surface area contributed by atoms with Crippen molar-refractivity contribution in [2.75, 3.05) is 5.43 Å². The molecule has 1 fully saturated rings. The molecule has 1 aromatic rings. The molecule has 2 rings (SSSR count). The molecule has 0 unspecified atom stereocenters. The van der Waals surface area contributed by atoms with E-state index in [1.807, 2.05) is 24.3 Å². The maximum absolute atomic E-state index is 5.11. The van der Waals surface area contributed by atoms with Gasteiger partial charge in [0.2, 0.25) is 0 Å². The minimum Gasteiger partial charge on any atom is -0.359 e. The Morgan fingerprint density at radius 2 is 2.20 bits per heavy atom. The molecule has 0 aliphatic heterocycles. The molecule has 1 aliphatic rings. The zero-order chi connectivity index (χ0) is 10.7. The van der Waals surface area contributed by atoms with Crippen molar-refractivity contribution in [1.82, 2.24) is 10.7 Å². The fourth-order valence-corrected chi connectivity index (χ4v) is 1.76. The van der Waals surface area contributed by atoms with Crippen molar-refractivity contribution in [1.29, 1.82) is 0 Å². The van der Waals surface area contributed by atoms with Gasteiger partial charge in [0.25, 0.3) is 0 Å². The lowest BCUT2D eigenvalue weighted by molar-refractivity contribution is 0.880. The van der Waals surface area contributed by atoms with Crippen LogP contribution < -0.4 is 16.2 Å². The Morgan fingerprint density at radius 1 is 1.40 bits per heavy atom. The zero-order valence-electron chi connectivity index (χ0n) is 8.09. The van der Waals surface area contributed by atoms with Crippen LogP contribution in [-0.4, -0.2) is 11.2 Å². The average molecular weight is 286 g/mol. The number of hydrazine groups is 1. The van der Waals surface area contributed by atoms with Crippen LogP contribution >= 0.6 is 28.1 Å². The summed E-state index contributed by atoms with van der Waals surface area (Å²) in [6, 6.07) is 8.47. The van der Waals surface area contributed by atoms with E-state index in [2.05, 4.69) is 32.1 Å². The summed E-state index contributed by atoms with van der Waals surface area (Å²) in [4.78, 5) is 0. The Hall–Kier alpha value is -0.810. The maximum Gasteiger partial charge on any atom is 0.185 e. The molecular formula is C10H12BrN3S. The Labute approximate surface area is 103 Å². The highest BCUT2D eigenvalue weighted by Gasteiger charge is 2.21. The number of hydrogen-bond donors (Lipinski definition) is 3. The zero-order valence-corrected chi connectivity index (χ0v) is 10.5. The number of rotatable bonds is 3. The second-order valence-corrected chi connectivity index (χ2v) is 4.83. The van der Waals surface area contributed by atoms with Gasteiger partial charge in [0, 0.05) is 10.5 Å². The van der Waals surface area contributed by atoms with Crippen molar-refractivity contribution in [2.45, 2.75) is 18.9 Å². The molecule has 1 saturated carbocycles. The first kappa shape index (κ1) is 10.7. The predicted octanol–water partition coefficient (Wildman–Crippen LogP) is 2.40. The molecule has 0 bridgehead atoms. The van der Waals surface area contributed by atoms with E-state index in [1.54, 1.807) is 0 Å². The summed E-state index contributed by atoms with van der Waals surface area (Å²) >= 11 is 8.51. The van der Waals surface area contributed by atoms with Gasteiger partial charge in [-0.2, -0.15) is 0 Å². The van der Waals surface area contributed by atoms with Gasteiger partial charge < -0.3 is 5.32 Å². The van der Waals surface area contributed by atoms with Gasteiger partial charge in [0.15, 0.2) is 5.11 Å². The molecule has 0 radical (unpaired) electrons. The van der Waals surface area contributed by atoms with E-state index in [9.17, 15) is 0 Å². The summed E-state index contributed by atoms with van der Waals surface area (Å²) in [5.74, 6) is 0. The summed E-state index contributed by atoms with van der Waals surface area (Å²) in [5, 5.41) is 3.84. The van der Waals surface area contributed by atoms with Crippen LogP contribution in [0.2, 0.25) is 0 Å². The number of halogens is 1. The predicted molar refractivity (Wildman–Crippen MR) is 69.7 cm³/mol. The van der Waals surface area contributed by atoms with Crippen LogP contribution in [-0.2, 0) is 0 Å². The second-order valence-electron chi connectivity index (χ2n) is 3.51. The second kappa shape index (κ2) is 4.81. The average Bonchev–Trinajstić information content (AvgIpc) is 2.99. The lowest BCUT2D eigenvalue weighted by Gasteiger charge is -2.11. The van der Waals surface area contributed by atoms with Crippen LogP contribution in [0.3, 0.4) is 0 Å². The Balaban J connectivity index is 1.78. The number of anilines is 1. The summed E-state index contributed by atoms with van der Waals surface area (Å²) in [5.41, 5.74) is 6.96. The van der Waals surface area contributed by atoms with Crippen LogP contribution in [0.25, 0.3) is 0 Å². The van der Waals surface area contributed by atoms with Crippen molar-refractivity contribution >= 4 is 38.9 Å². The minimum atomic E-state index is 0.578. The van der Waals surface area contributed by atoms with Crippen molar-refractivity contribution < 1.29 is 0 Å². The molecule has 0 aromatic heterocycles. The largest absolute Gasteiger partial charge is 0.359 e. The lowest BCUT2D eigenvalue weighted by Crippen LogP contribution is -2.39. The molecule has 0 amide bonds. The SMILES string of the molecule is S=C(NNc1cccc(Br)c1)NC1CC1. The Bertz CT molecular complexity index is 365. The van der Waals surface area contributed by atoms with Gasteiger partial charge in [0.1, 0.15) is 0 Å². The number of thiocarbonyl (C=S) groups is 1. The number of benzene rings is 1. The molecule has 3 N–H and O–H groups in total. The first-order valence-electron chi connectivity index (χ1n) is 4.82. The van der Waals surface area contributed by atoms with Gasteiger partial charge >= 0.3 is 0 Å². The molecule has 80 valence electrons. The van der Waals surface area contributed by atoms with Gasteiger partial charge in [-0.05, 0) is 43.3 Å². The molecule has 1 aliphatic carbocycles. The highest BCUT2D eigenvalue weighted by atomic mass is 79.9. The van der Waals surface area contributed by atoms with E-state index >= 15 is 0 Å². The van der Waals surface area contributed by atoms with E-state index < -0.39 is 0 Å². The normalized spacial score (nSPS) is 14.5. The number of nitrogens with one attached hydrogen (secondary N) is 3. The fraction of sp³-hybridized carbons (Fsp3) is 0.300. The van der Waals surface area contributed by atoms with Crippen LogP contribution in [0.1, 0.15) is 12.8 Å². The standard InChI is InChI=1S/C10H12BrN3S/c11-7-2-1-3-9(6-7)13-14-10(15)12-8-4-5-8/h1-3,6,8,13H,4-5H2,(H2,12,14,15). The van der Waals surface area contributed by atoms with Crippen LogP contribution in [0.5, 0.6) is 0 Å². The first-order chi connectivity index (χ1) is 7.24. The number of hydrogen-bond acceptors (Lipinski definition) is 2. The van der Waals surface area contributed by atoms with E-state index in [1.165, 1.54) is 12.8 Å². The third-order valence-corrected chi connectivity index (χ3v) is 2.77. The van der Waals surface area contributed by atoms with Gasteiger partial charge in [0.05, 0.1) is 5.69 Å². The molecule has 0 heterocycles. The summed E-state index contributed by atoms with van der Waals surface area (Å²) in [6.45, 7) is 0. The Morgan fingerprint density at radius 3 is 2.87 bits per heavy atom. The van der Waals surface area contributed by atoms with Gasteiger partial charge in [-0.1, -0.05) is 22.0 Å². The highest BCUT2D eigenvalue weighted by Crippen LogP contribution is 2.18. The van der Waals surface area contributed by atoms with E-state index in [0.29, 0.717) is 11.2 Å². The van der Waals surface area contributed by atoms with Crippen molar-refractivity contribution in [3.05, 3.63) is 28.7 Å². The van der Waals surface area contributed by atoms with Gasteiger partial charge in [-0.15, -0.1) is 0 Å². The topological polar surface area (TPSA) is 36.1 Å². The van der Waals surface area contributed by atoms with Crippen LogP contribution in [0.15, 0.2) is 28.7 Å². The van der Waals surface area contributed by atoms with Crippen LogP contribution in [0, 0.1) is 0 Å². The van der Waals surface area contributed by atoms with E-state index in [0.717, 1.165) is 10.2 Å². The lowest BCUT2D eigenvalue weighted by atomic mass is 10.3. The van der Waals surface area contributed by atoms with Crippen LogP contribution in [0.4, 0.5) is 5.69 Å². The van der Waals surface area contributed by atoms with Gasteiger partial charge in [-0.25, -0.2) is 0 Å². The molecular weight excluding hydrogens is 274 g/mol. The van der Waals surface area contributed by atoms with Crippen molar-refractivity contribution in [3.63, 3.8) is 0 Å². The smallest absolute Gasteiger partial charge is 0.185 e. The molecule has 15 heavy (non-hydrogen) atoms. The summed E-state index contributed by atoms with van der Waals surface area (Å²) in [6.07, 6.45) is 2.44. The molecule has 3 nitrogen and oxygen atoms in total. The summed E-state index contributed by atoms with van der Waals surface area (Å²) in [7, 11) is 0. The molecule has 5 heteroatoms. The van der Waals surface area contributed by atoms with E-state index in [4.69, 9.17) is 12.2 Å². The van der Waals surface area contributed by atoms with Crippen molar-refractivity contribution in [3.8, 4) is 0 Å². The minimum absolute atomic E-state index is 0.578. The highest BCUT2D eigenvalue weighted by molar-refractivity contribution is 9.10. The maximum atomic E-state index is 5.11.